The molecule has 2 aliphatic rings. The lowest BCUT2D eigenvalue weighted by Crippen LogP contribution is -2.45. The number of halogens is 1. The van der Waals surface area contributed by atoms with Gasteiger partial charge in [0, 0.05) is 49.0 Å². The number of amides is 1. The number of rotatable bonds is 8. The summed E-state index contributed by atoms with van der Waals surface area (Å²) in [7, 11) is 0. The third-order valence-electron chi connectivity index (χ3n) is 8.15. The molecule has 1 atom stereocenters. The number of anilines is 1. The van der Waals surface area contributed by atoms with Crippen LogP contribution in [0.15, 0.2) is 48.8 Å². The summed E-state index contributed by atoms with van der Waals surface area (Å²) in [6.07, 6.45) is 9.36. The van der Waals surface area contributed by atoms with Gasteiger partial charge in [-0.15, -0.1) is 0 Å². The lowest BCUT2D eigenvalue weighted by atomic mass is 10.0. The van der Waals surface area contributed by atoms with Gasteiger partial charge in [-0.3, -0.25) is 4.79 Å². The molecule has 0 radical (unpaired) electrons. The summed E-state index contributed by atoms with van der Waals surface area (Å²) in [5.74, 6) is -0.367. The van der Waals surface area contributed by atoms with Gasteiger partial charge in [0.15, 0.2) is 17.5 Å². The molecule has 0 spiro atoms. The number of hydrogen-bond acceptors (Lipinski definition) is 8. The topological polar surface area (TPSA) is 131 Å². The van der Waals surface area contributed by atoms with Gasteiger partial charge in [-0.2, -0.15) is 10.4 Å². The second kappa shape index (κ2) is 12.1. The highest BCUT2D eigenvalue weighted by molar-refractivity contribution is 5.79. The van der Waals surface area contributed by atoms with E-state index in [-0.39, 0.29) is 35.6 Å². The van der Waals surface area contributed by atoms with Crippen molar-refractivity contribution in [2.24, 2.45) is 0 Å². The minimum Gasteiger partial charge on any atom is -0.508 e. The van der Waals surface area contributed by atoms with E-state index in [9.17, 15) is 9.90 Å². The summed E-state index contributed by atoms with van der Waals surface area (Å²) >= 11 is 0. The van der Waals surface area contributed by atoms with Crippen LogP contribution in [0.4, 0.5) is 10.2 Å². The zero-order valence-corrected chi connectivity index (χ0v) is 23.3. The molecule has 3 aromatic heterocycles. The molecule has 1 saturated carbocycles. The van der Waals surface area contributed by atoms with Gasteiger partial charge in [-0.1, -0.05) is 18.9 Å². The van der Waals surface area contributed by atoms with Gasteiger partial charge < -0.3 is 20.6 Å². The van der Waals surface area contributed by atoms with E-state index in [1.165, 1.54) is 12.8 Å². The van der Waals surface area contributed by atoms with Crippen molar-refractivity contribution in [2.45, 2.75) is 63.6 Å². The maximum atomic E-state index is 16.3. The molecule has 1 aliphatic carbocycles. The second-order valence-electron chi connectivity index (χ2n) is 11.0. The number of hydrogen-bond donors (Lipinski definition) is 3. The highest BCUT2D eigenvalue weighted by Gasteiger charge is 2.27. The number of aromatic nitrogens is 4. The number of carbonyl (C=O) groups is 1. The number of pyridine rings is 1. The van der Waals surface area contributed by atoms with Crippen molar-refractivity contribution in [3.63, 3.8) is 0 Å². The number of nitrogens with one attached hydrogen (secondary N) is 2. The number of nitriles is 1. The van der Waals surface area contributed by atoms with Gasteiger partial charge in [0.2, 0.25) is 5.91 Å². The molecule has 2 fully saturated rings. The minimum absolute atomic E-state index is 0.0311. The monoisotopic (exact) mass is 568 g/mol. The number of benzene rings is 1. The molecule has 1 aliphatic heterocycles. The fourth-order valence-electron chi connectivity index (χ4n) is 5.91. The van der Waals surface area contributed by atoms with Gasteiger partial charge in [0.25, 0.3) is 0 Å². The average molecular weight is 569 g/mol. The van der Waals surface area contributed by atoms with Crippen LogP contribution in [0.1, 0.15) is 50.5 Å². The Morgan fingerprint density at radius 2 is 1.95 bits per heavy atom. The first kappa shape index (κ1) is 27.6. The number of phenolic OH excluding ortho intramolecular Hbond substituents is 1. The van der Waals surface area contributed by atoms with E-state index in [1.807, 2.05) is 30.5 Å². The molecule has 0 bridgehead atoms. The fraction of sp³-hybridized carbons (Fsp3) is 0.387. The van der Waals surface area contributed by atoms with Crippen molar-refractivity contribution in [2.75, 3.05) is 18.4 Å². The van der Waals surface area contributed by atoms with Crippen LogP contribution in [0.25, 0.3) is 28.2 Å². The summed E-state index contributed by atoms with van der Waals surface area (Å²) < 4.78 is 18.0. The number of fused-ring (bicyclic) bond motifs is 1. The standard InChI is InChI=1S/C31H33FN8O2/c32-28-29(20-10-11-26(41)21(16-20)17-34-22-6-1-2-7-22)37-30(24-18-35-40-15-4-3-9-25(24)40)38-31(28)36-23-8-5-14-39(19-23)27(42)12-13-33/h3-4,9-11,15-16,18,22-23,34,41H,1-2,5-8,12,14,17,19H2,(H,36,37,38)/t23-/m1/s1. The molecule has 3 N–H and O–H groups in total. The van der Waals surface area contributed by atoms with Gasteiger partial charge in [-0.25, -0.2) is 18.9 Å². The normalized spacial score (nSPS) is 17.4. The lowest BCUT2D eigenvalue weighted by molar-refractivity contribution is -0.131. The largest absolute Gasteiger partial charge is 0.508 e. The van der Waals surface area contributed by atoms with Crippen LogP contribution in [0.3, 0.4) is 0 Å². The SMILES string of the molecule is N#CCC(=O)N1CCC[C@@H](Nc2nc(-c3cnn4ccccc34)nc(-c3ccc(O)c(CNC4CCCC4)c3)c2F)C1. The predicted molar refractivity (Wildman–Crippen MR) is 156 cm³/mol. The molecular weight excluding hydrogens is 535 g/mol. The summed E-state index contributed by atoms with van der Waals surface area (Å²) in [4.78, 5) is 23.3. The molecule has 4 aromatic rings. The molecule has 216 valence electrons. The van der Waals surface area contributed by atoms with Crippen molar-refractivity contribution in [1.82, 2.24) is 29.8 Å². The highest BCUT2D eigenvalue weighted by atomic mass is 19.1. The Balaban J connectivity index is 1.37. The smallest absolute Gasteiger partial charge is 0.236 e. The minimum atomic E-state index is -0.615. The second-order valence-corrected chi connectivity index (χ2v) is 11.0. The van der Waals surface area contributed by atoms with Crippen LogP contribution in [-0.2, 0) is 11.3 Å². The van der Waals surface area contributed by atoms with Gasteiger partial charge in [-0.05, 0) is 56.0 Å². The summed E-state index contributed by atoms with van der Waals surface area (Å²) in [5, 5.41) is 30.7. The summed E-state index contributed by atoms with van der Waals surface area (Å²) in [6, 6.07) is 12.7. The first-order valence-corrected chi connectivity index (χ1v) is 14.5. The zero-order chi connectivity index (χ0) is 29.1. The molecule has 6 rings (SSSR count). The average Bonchev–Trinajstić information content (AvgIpc) is 3.69. The molecular formula is C31H33FN8O2. The molecule has 1 amide bonds. The number of piperidine rings is 1. The number of nitrogens with zero attached hydrogens (tertiary/aromatic N) is 6. The predicted octanol–water partition coefficient (Wildman–Crippen LogP) is 4.65. The Labute approximate surface area is 243 Å². The van der Waals surface area contributed by atoms with Gasteiger partial charge >= 0.3 is 0 Å². The van der Waals surface area contributed by atoms with Crippen molar-refractivity contribution in [3.05, 3.63) is 60.2 Å². The maximum Gasteiger partial charge on any atom is 0.236 e. The number of phenols is 1. The van der Waals surface area contributed by atoms with Crippen LogP contribution >= 0.6 is 0 Å². The number of likely N-dealkylation sites (tertiary alicyclic amines) is 1. The first-order valence-electron chi connectivity index (χ1n) is 14.5. The Hall–Kier alpha value is -4.56. The summed E-state index contributed by atoms with van der Waals surface area (Å²) in [5.41, 5.74) is 2.72. The van der Waals surface area contributed by atoms with E-state index in [2.05, 4.69) is 25.7 Å². The summed E-state index contributed by atoms with van der Waals surface area (Å²) in [6.45, 7) is 1.38. The van der Waals surface area contributed by atoms with Crippen LogP contribution in [-0.4, -0.2) is 60.7 Å². The fourth-order valence-corrected chi connectivity index (χ4v) is 5.91. The number of aromatic hydroxyl groups is 1. The molecule has 1 aromatic carbocycles. The van der Waals surface area contributed by atoms with E-state index in [0.717, 1.165) is 31.2 Å². The van der Waals surface area contributed by atoms with Crippen LogP contribution in [0, 0.1) is 17.1 Å². The van der Waals surface area contributed by atoms with Crippen molar-refractivity contribution in [3.8, 4) is 34.5 Å². The molecule has 11 heteroatoms. The number of carbonyl (C=O) groups excluding carboxylic acids is 1. The third kappa shape index (κ3) is 5.76. The van der Waals surface area contributed by atoms with E-state index >= 15 is 4.39 Å². The maximum absolute atomic E-state index is 16.3. The van der Waals surface area contributed by atoms with Crippen molar-refractivity contribution >= 4 is 17.2 Å². The Bertz CT molecular complexity index is 1640. The van der Waals surface area contributed by atoms with Crippen LogP contribution in [0.5, 0.6) is 5.75 Å². The zero-order valence-electron chi connectivity index (χ0n) is 23.3. The van der Waals surface area contributed by atoms with Gasteiger partial charge in [0.1, 0.15) is 17.9 Å². The third-order valence-corrected chi connectivity index (χ3v) is 8.15. The molecule has 1 saturated heterocycles. The quantitative estimate of drug-likeness (QED) is 0.280. The molecule has 42 heavy (non-hydrogen) atoms. The Morgan fingerprint density at radius 3 is 2.79 bits per heavy atom. The van der Waals surface area contributed by atoms with Crippen LogP contribution in [0.2, 0.25) is 0 Å². The first-order chi connectivity index (χ1) is 20.5. The van der Waals surface area contributed by atoms with Gasteiger partial charge in [0.05, 0.1) is 23.3 Å². The molecule has 0 unspecified atom stereocenters. The Kier molecular flexibility index (Phi) is 7.97. The Morgan fingerprint density at radius 1 is 1.12 bits per heavy atom. The lowest BCUT2D eigenvalue weighted by Gasteiger charge is -2.33. The molecule has 4 heterocycles. The van der Waals surface area contributed by atoms with Crippen LogP contribution < -0.4 is 10.6 Å². The van der Waals surface area contributed by atoms with E-state index in [0.29, 0.717) is 48.2 Å². The van der Waals surface area contributed by atoms with Crippen molar-refractivity contribution in [1.29, 1.82) is 5.26 Å². The van der Waals surface area contributed by atoms with E-state index in [1.54, 1.807) is 33.8 Å². The van der Waals surface area contributed by atoms with E-state index in [4.69, 9.17) is 5.26 Å². The van der Waals surface area contributed by atoms with E-state index < -0.39 is 5.82 Å². The van der Waals surface area contributed by atoms with Crippen molar-refractivity contribution < 1.29 is 14.3 Å². The molecule has 10 nitrogen and oxygen atoms in total. The highest BCUT2D eigenvalue weighted by Crippen LogP contribution is 2.33.